The van der Waals surface area contributed by atoms with E-state index in [-0.39, 0.29) is 5.75 Å². The van der Waals surface area contributed by atoms with Gasteiger partial charge in [-0.2, -0.15) is 0 Å². The molecule has 0 saturated heterocycles. The van der Waals surface area contributed by atoms with E-state index in [0.717, 1.165) is 16.8 Å². The molecule has 80 valence electrons. The van der Waals surface area contributed by atoms with Crippen LogP contribution in [0.1, 0.15) is 11.1 Å². The zero-order valence-corrected chi connectivity index (χ0v) is 8.80. The normalized spacial score (nSPS) is 10.8. The second-order valence-corrected chi connectivity index (χ2v) is 3.59. The third kappa shape index (κ3) is 2.64. The molecule has 2 nitrogen and oxygen atoms in total. The highest BCUT2D eigenvalue weighted by atomic mass is 16.3. The molecule has 2 heteroatoms. The molecule has 0 aliphatic heterocycles. The van der Waals surface area contributed by atoms with Gasteiger partial charge in [0.2, 0.25) is 0 Å². The van der Waals surface area contributed by atoms with Gasteiger partial charge in [-0.1, -0.05) is 36.4 Å². The maximum absolute atomic E-state index is 9.30. The molecule has 2 aromatic carbocycles. The molecule has 2 rings (SSSR count). The first-order chi connectivity index (χ1) is 7.74. The van der Waals surface area contributed by atoms with E-state index in [9.17, 15) is 5.11 Å². The Labute approximate surface area is 94.7 Å². The Bertz CT molecular complexity index is 500. The smallest absolute Gasteiger partial charge is 0.116 e. The van der Waals surface area contributed by atoms with E-state index >= 15 is 0 Å². The van der Waals surface area contributed by atoms with Crippen molar-refractivity contribution in [3.05, 3.63) is 59.7 Å². The number of benzene rings is 2. The number of rotatable bonds is 2. The molecule has 3 N–H and O–H groups in total. The van der Waals surface area contributed by atoms with Crippen molar-refractivity contribution in [1.29, 1.82) is 0 Å². The molecule has 0 aliphatic rings. The molecular formula is C14H13NO. The lowest BCUT2D eigenvalue weighted by atomic mass is 10.1. The zero-order chi connectivity index (χ0) is 11.4. The van der Waals surface area contributed by atoms with E-state index in [2.05, 4.69) is 0 Å². The van der Waals surface area contributed by atoms with Gasteiger partial charge < -0.3 is 10.8 Å². The number of nitrogen functional groups attached to an aromatic ring is 1. The minimum atomic E-state index is 0.277. The van der Waals surface area contributed by atoms with Gasteiger partial charge in [-0.05, 0) is 35.4 Å². The first-order valence-corrected chi connectivity index (χ1v) is 5.07. The van der Waals surface area contributed by atoms with Gasteiger partial charge in [0.15, 0.2) is 0 Å². The molecular weight excluding hydrogens is 198 g/mol. The third-order valence-electron chi connectivity index (χ3n) is 2.27. The van der Waals surface area contributed by atoms with Crippen LogP contribution in [0.3, 0.4) is 0 Å². The number of hydrogen-bond acceptors (Lipinski definition) is 2. The molecule has 0 heterocycles. The number of phenols is 1. The van der Waals surface area contributed by atoms with Crippen LogP contribution in [0, 0.1) is 0 Å². The molecule has 0 fully saturated rings. The summed E-state index contributed by atoms with van der Waals surface area (Å²) >= 11 is 0. The fourth-order valence-corrected chi connectivity index (χ4v) is 1.43. The van der Waals surface area contributed by atoms with Crippen molar-refractivity contribution in [3.63, 3.8) is 0 Å². The minimum Gasteiger partial charge on any atom is -0.508 e. The van der Waals surface area contributed by atoms with Gasteiger partial charge in [0.05, 0.1) is 0 Å². The zero-order valence-electron chi connectivity index (χ0n) is 8.80. The molecule has 0 aliphatic carbocycles. The number of anilines is 1. The molecule has 0 bridgehead atoms. The quantitative estimate of drug-likeness (QED) is 0.592. The van der Waals surface area contributed by atoms with Crippen LogP contribution >= 0.6 is 0 Å². The van der Waals surface area contributed by atoms with Crippen LogP contribution in [-0.4, -0.2) is 5.11 Å². The van der Waals surface area contributed by atoms with Crippen molar-refractivity contribution < 1.29 is 5.11 Å². The molecule has 0 aromatic heterocycles. The monoisotopic (exact) mass is 211 g/mol. The molecule has 2 aromatic rings. The molecule has 0 amide bonds. The average molecular weight is 211 g/mol. The predicted octanol–water partition coefficient (Wildman–Crippen LogP) is 3.14. The van der Waals surface area contributed by atoms with E-state index < -0.39 is 0 Å². The largest absolute Gasteiger partial charge is 0.508 e. The van der Waals surface area contributed by atoms with Crippen molar-refractivity contribution >= 4 is 17.8 Å². The van der Waals surface area contributed by atoms with Crippen molar-refractivity contribution in [2.45, 2.75) is 0 Å². The van der Waals surface area contributed by atoms with Crippen molar-refractivity contribution in [3.8, 4) is 5.75 Å². The highest BCUT2D eigenvalue weighted by Gasteiger charge is 1.90. The lowest BCUT2D eigenvalue weighted by Gasteiger charge is -1.96. The lowest BCUT2D eigenvalue weighted by Crippen LogP contribution is -1.82. The summed E-state index contributed by atoms with van der Waals surface area (Å²) in [6.07, 6.45) is 3.93. The van der Waals surface area contributed by atoms with E-state index in [1.807, 2.05) is 48.6 Å². The van der Waals surface area contributed by atoms with Crippen LogP contribution in [0.25, 0.3) is 12.2 Å². The summed E-state index contributed by atoms with van der Waals surface area (Å²) in [5, 5.41) is 9.30. The Morgan fingerprint density at radius 2 is 1.56 bits per heavy atom. The van der Waals surface area contributed by atoms with Gasteiger partial charge in [0.25, 0.3) is 0 Å². The van der Waals surface area contributed by atoms with Crippen LogP contribution in [0.15, 0.2) is 48.5 Å². The molecule has 0 radical (unpaired) electrons. The van der Waals surface area contributed by atoms with Crippen LogP contribution in [-0.2, 0) is 0 Å². The summed E-state index contributed by atoms with van der Waals surface area (Å²) in [5.41, 5.74) is 8.41. The number of phenolic OH excluding ortho intramolecular Hbond substituents is 1. The second-order valence-electron chi connectivity index (χ2n) is 3.59. The topological polar surface area (TPSA) is 46.2 Å². The van der Waals surface area contributed by atoms with Crippen LogP contribution in [0.5, 0.6) is 5.75 Å². The Balaban J connectivity index is 2.18. The van der Waals surface area contributed by atoms with Gasteiger partial charge >= 0.3 is 0 Å². The highest BCUT2D eigenvalue weighted by molar-refractivity contribution is 5.70. The van der Waals surface area contributed by atoms with Gasteiger partial charge in [-0.25, -0.2) is 0 Å². The first-order valence-electron chi connectivity index (χ1n) is 5.07. The third-order valence-corrected chi connectivity index (χ3v) is 2.27. The predicted molar refractivity (Wildman–Crippen MR) is 67.9 cm³/mol. The standard InChI is InChI=1S/C14H13NO/c15-13-8-6-11(7-9-13)4-5-12-2-1-3-14(16)10-12/h1-10,16H,15H2/b5-4+. The van der Waals surface area contributed by atoms with E-state index in [4.69, 9.17) is 5.73 Å². The van der Waals surface area contributed by atoms with Gasteiger partial charge in [-0.3, -0.25) is 0 Å². The fraction of sp³-hybridized carbons (Fsp3) is 0. The highest BCUT2D eigenvalue weighted by Crippen LogP contribution is 2.14. The first kappa shape index (κ1) is 10.3. The fourth-order valence-electron chi connectivity index (χ4n) is 1.43. The van der Waals surface area contributed by atoms with Gasteiger partial charge in [0.1, 0.15) is 5.75 Å². The Hall–Kier alpha value is -2.22. The summed E-state index contributed by atoms with van der Waals surface area (Å²) in [6.45, 7) is 0. The van der Waals surface area contributed by atoms with Crippen LogP contribution < -0.4 is 5.73 Å². The van der Waals surface area contributed by atoms with Crippen molar-refractivity contribution in [2.24, 2.45) is 0 Å². The van der Waals surface area contributed by atoms with E-state index in [1.165, 1.54) is 0 Å². The van der Waals surface area contributed by atoms with Crippen LogP contribution in [0.4, 0.5) is 5.69 Å². The lowest BCUT2D eigenvalue weighted by molar-refractivity contribution is 0.475. The summed E-state index contributed by atoms with van der Waals surface area (Å²) in [4.78, 5) is 0. The summed E-state index contributed by atoms with van der Waals surface area (Å²) in [6, 6.07) is 14.8. The Kier molecular flexibility index (Phi) is 2.92. The number of hydrogen-bond donors (Lipinski definition) is 2. The summed E-state index contributed by atoms with van der Waals surface area (Å²) in [7, 11) is 0. The molecule has 0 spiro atoms. The minimum absolute atomic E-state index is 0.277. The van der Waals surface area contributed by atoms with Crippen molar-refractivity contribution in [1.82, 2.24) is 0 Å². The van der Waals surface area contributed by atoms with E-state index in [1.54, 1.807) is 12.1 Å². The van der Waals surface area contributed by atoms with Crippen molar-refractivity contribution in [2.75, 3.05) is 5.73 Å². The average Bonchev–Trinajstić information content (AvgIpc) is 2.28. The number of aromatic hydroxyl groups is 1. The molecule has 16 heavy (non-hydrogen) atoms. The summed E-state index contributed by atoms with van der Waals surface area (Å²) in [5.74, 6) is 0.277. The Morgan fingerprint density at radius 1 is 0.875 bits per heavy atom. The Morgan fingerprint density at radius 3 is 2.25 bits per heavy atom. The maximum atomic E-state index is 9.30. The number of nitrogens with two attached hydrogens (primary N) is 1. The van der Waals surface area contributed by atoms with E-state index in [0.29, 0.717) is 0 Å². The molecule has 0 unspecified atom stereocenters. The summed E-state index contributed by atoms with van der Waals surface area (Å²) < 4.78 is 0. The molecule has 0 saturated carbocycles. The SMILES string of the molecule is Nc1ccc(/C=C/c2cccc(O)c2)cc1. The van der Waals surface area contributed by atoms with Gasteiger partial charge in [0, 0.05) is 5.69 Å². The van der Waals surface area contributed by atoms with Crippen LogP contribution in [0.2, 0.25) is 0 Å². The van der Waals surface area contributed by atoms with Gasteiger partial charge in [-0.15, -0.1) is 0 Å². The second kappa shape index (κ2) is 4.53. The molecule has 0 atom stereocenters. The maximum Gasteiger partial charge on any atom is 0.116 e.